The molecule has 0 radical (unpaired) electrons. The van der Waals surface area contributed by atoms with Gasteiger partial charge in [0.1, 0.15) is 11.8 Å². The number of carbonyl (C=O) groups excluding carboxylic acids is 1. The molecule has 0 fully saturated rings. The Morgan fingerprint density at radius 1 is 1.14 bits per heavy atom. The van der Waals surface area contributed by atoms with Crippen LogP contribution in [0.2, 0.25) is 5.02 Å². The first-order chi connectivity index (χ1) is 13.1. The van der Waals surface area contributed by atoms with Crippen LogP contribution in [0.3, 0.4) is 0 Å². The van der Waals surface area contributed by atoms with Gasteiger partial charge in [-0.05, 0) is 41.8 Å². The fourth-order valence-electron chi connectivity index (χ4n) is 2.55. The van der Waals surface area contributed by atoms with E-state index in [2.05, 4.69) is 10.6 Å². The Hall–Kier alpha value is -2.41. The first kappa shape index (κ1) is 21.9. The number of nitrogens with one attached hydrogen (secondary N) is 2. The molecule has 1 amide bonds. The van der Waals surface area contributed by atoms with Gasteiger partial charge in [-0.15, -0.1) is 0 Å². The topological polar surface area (TPSA) is 50.4 Å². The van der Waals surface area contributed by atoms with Gasteiger partial charge in [-0.1, -0.05) is 37.6 Å². The number of alkyl halides is 3. The van der Waals surface area contributed by atoms with Crippen molar-refractivity contribution in [1.82, 2.24) is 5.32 Å². The highest BCUT2D eigenvalue weighted by Crippen LogP contribution is 2.34. The van der Waals surface area contributed by atoms with Gasteiger partial charge >= 0.3 is 6.18 Å². The van der Waals surface area contributed by atoms with E-state index in [1.807, 2.05) is 26.0 Å². The Balaban J connectivity index is 2.06. The second-order valence-electron chi connectivity index (χ2n) is 6.62. The molecule has 2 N–H and O–H groups in total. The summed E-state index contributed by atoms with van der Waals surface area (Å²) in [5, 5.41) is 5.68. The van der Waals surface area contributed by atoms with E-state index in [1.165, 1.54) is 6.07 Å². The molecule has 152 valence electrons. The summed E-state index contributed by atoms with van der Waals surface area (Å²) in [6, 6.07) is 9.61. The summed E-state index contributed by atoms with van der Waals surface area (Å²) in [6.45, 7) is 3.99. The number of amides is 1. The lowest BCUT2D eigenvalue weighted by atomic mass is 10.0. The van der Waals surface area contributed by atoms with Crippen molar-refractivity contribution in [2.45, 2.75) is 32.6 Å². The van der Waals surface area contributed by atoms with E-state index in [0.29, 0.717) is 12.3 Å². The lowest BCUT2D eigenvalue weighted by Gasteiger charge is -2.24. The number of rotatable bonds is 7. The Morgan fingerprint density at radius 2 is 1.79 bits per heavy atom. The molecule has 0 heterocycles. The summed E-state index contributed by atoms with van der Waals surface area (Å²) in [7, 11) is 1.57. The number of hydrogen-bond donors (Lipinski definition) is 2. The lowest BCUT2D eigenvalue weighted by molar-refractivity contribution is -0.137. The highest BCUT2D eigenvalue weighted by Gasteiger charge is 2.31. The number of halogens is 4. The quantitative estimate of drug-likeness (QED) is 0.661. The molecule has 2 aromatic carbocycles. The highest BCUT2D eigenvalue weighted by molar-refractivity contribution is 6.33. The second-order valence-corrected chi connectivity index (χ2v) is 7.03. The molecule has 0 aromatic heterocycles. The number of ether oxygens (including phenoxy) is 1. The van der Waals surface area contributed by atoms with E-state index >= 15 is 0 Å². The Labute approximate surface area is 167 Å². The SMILES string of the molecule is COc1ccc(CNC(=O)[C@@H](Nc2ccc(C(F)(F)F)cc2Cl)C(C)C)cc1. The first-order valence-electron chi connectivity index (χ1n) is 8.65. The largest absolute Gasteiger partial charge is 0.497 e. The molecular formula is C20H22ClF3N2O2. The third-order valence-electron chi connectivity index (χ3n) is 4.18. The van der Waals surface area contributed by atoms with Crippen molar-refractivity contribution in [2.24, 2.45) is 5.92 Å². The molecule has 4 nitrogen and oxygen atoms in total. The maximum atomic E-state index is 12.8. The second kappa shape index (κ2) is 9.19. The predicted octanol–water partition coefficient (Wildman–Crippen LogP) is 5.12. The maximum absolute atomic E-state index is 12.8. The van der Waals surface area contributed by atoms with E-state index in [0.717, 1.165) is 17.7 Å². The van der Waals surface area contributed by atoms with E-state index in [-0.39, 0.29) is 22.5 Å². The van der Waals surface area contributed by atoms with Crippen molar-refractivity contribution >= 4 is 23.2 Å². The molecular weight excluding hydrogens is 393 g/mol. The fraction of sp³-hybridized carbons (Fsp3) is 0.350. The summed E-state index contributed by atoms with van der Waals surface area (Å²) >= 11 is 5.98. The molecule has 8 heteroatoms. The number of hydrogen-bond acceptors (Lipinski definition) is 3. The van der Waals surface area contributed by atoms with Crippen molar-refractivity contribution in [3.8, 4) is 5.75 Å². The highest BCUT2D eigenvalue weighted by atomic mass is 35.5. The smallest absolute Gasteiger partial charge is 0.416 e. The van der Waals surface area contributed by atoms with Crippen LogP contribution < -0.4 is 15.4 Å². The third-order valence-corrected chi connectivity index (χ3v) is 4.50. The van der Waals surface area contributed by atoms with Crippen LogP contribution in [-0.4, -0.2) is 19.1 Å². The molecule has 0 aliphatic rings. The average Bonchev–Trinajstić information content (AvgIpc) is 2.64. The normalized spacial score (nSPS) is 12.6. The molecule has 1 atom stereocenters. The van der Waals surface area contributed by atoms with Gasteiger partial charge in [0.2, 0.25) is 5.91 Å². The van der Waals surface area contributed by atoms with E-state index in [4.69, 9.17) is 16.3 Å². The van der Waals surface area contributed by atoms with Crippen LogP contribution in [-0.2, 0) is 17.5 Å². The minimum atomic E-state index is -4.48. The summed E-state index contributed by atoms with van der Waals surface area (Å²) in [5.41, 5.74) is 0.324. The van der Waals surface area contributed by atoms with Crippen LogP contribution in [0.4, 0.5) is 18.9 Å². The number of benzene rings is 2. The number of carbonyl (C=O) groups is 1. The van der Waals surface area contributed by atoms with Crippen LogP contribution in [0, 0.1) is 5.92 Å². The van der Waals surface area contributed by atoms with Gasteiger partial charge in [-0.3, -0.25) is 4.79 Å². The Kier molecular flexibility index (Phi) is 7.18. The number of anilines is 1. The van der Waals surface area contributed by atoms with Crippen molar-refractivity contribution in [3.63, 3.8) is 0 Å². The van der Waals surface area contributed by atoms with Gasteiger partial charge in [0.05, 0.1) is 23.4 Å². The van der Waals surface area contributed by atoms with E-state index in [9.17, 15) is 18.0 Å². The van der Waals surface area contributed by atoms with Crippen molar-refractivity contribution in [3.05, 3.63) is 58.6 Å². The summed E-state index contributed by atoms with van der Waals surface area (Å²) in [6.07, 6.45) is -4.48. The standard InChI is InChI=1S/C20H22ClF3N2O2/c1-12(2)18(19(27)25-11-13-4-7-15(28-3)8-5-13)26-17-9-6-14(10-16(17)21)20(22,23)24/h4-10,12,18,26H,11H2,1-3H3,(H,25,27)/t18-/m0/s1. The van der Waals surface area contributed by atoms with Crippen LogP contribution in [0.1, 0.15) is 25.0 Å². The molecule has 0 aliphatic carbocycles. The zero-order valence-corrected chi connectivity index (χ0v) is 16.5. The van der Waals surface area contributed by atoms with Crippen molar-refractivity contribution in [1.29, 1.82) is 0 Å². The summed E-state index contributed by atoms with van der Waals surface area (Å²) < 4.78 is 43.4. The van der Waals surface area contributed by atoms with Gasteiger partial charge in [0, 0.05) is 6.54 Å². The molecule has 0 saturated carbocycles. The predicted molar refractivity (Wildman–Crippen MR) is 104 cm³/mol. The van der Waals surface area contributed by atoms with Crippen LogP contribution in [0.25, 0.3) is 0 Å². The minimum Gasteiger partial charge on any atom is -0.497 e. The maximum Gasteiger partial charge on any atom is 0.416 e. The Bertz CT molecular complexity index is 808. The molecule has 28 heavy (non-hydrogen) atoms. The molecule has 0 saturated heterocycles. The molecule has 0 unspecified atom stereocenters. The van der Waals surface area contributed by atoms with Gasteiger partial charge in [0.15, 0.2) is 0 Å². The van der Waals surface area contributed by atoms with Gasteiger partial charge in [-0.2, -0.15) is 13.2 Å². The third kappa shape index (κ3) is 5.79. The summed E-state index contributed by atoms with van der Waals surface area (Å²) in [5.74, 6) is 0.324. The van der Waals surface area contributed by atoms with E-state index < -0.39 is 17.8 Å². The van der Waals surface area contributed by atoms with Crippen LogP contribution in [0.5, 0.6) is 5.75 Å². The zero-order valence-electron chi connectivity index (χ0n) is 15.7. The lowest BCUT2D eigenvalue weighted by Crippen LogP contribution is -2.42. The van der Waals surface area contributed by atoms with Crippen molar-refractivity contribution in [2.75, 3.05) is 12.4 Å². The Morgan fingerprint density at radius 3 is 2.29 bits per heavy atom. The fourth-order valence-corrected chi connectivity index (χ4v) is 2.79. The van der Waals surface area contributed by atoms with Crippen LogP contribution >= 0.6 is 11.6 Å². The van der Waals surface area contributed by atoms with E-state index in [1.54, 1.807) is 19.2 Å². The van der Waals surface area contributed by atoms with Crippen molar-refractivity contribution < 1.29 is 22.7 Å². The van der Waals surface area contributed by atoms with Gasteiger partial charge < -0.3 is 15.4 Å². The molecule has 2 rings (SSSR count). The minimum absolute atomic E-state index is 0.0940. The van der Waals surface area contributed by atoms with Gasteiger partial charge in [-0.25, -0.2) is 0 Å². The monoisotopic (exact) mass is 414 g/mol. The molecule has 0 spiro atoms. The zero-order chi connectivity index (χ0) is 20.9. The molecule has 0 aliphatic heterocycles. The average molecular weight is 415 g/mol. The van der Waals surface area contributed by atoms with Gasteiger partial charge in [0.25, 0.3) is 0 Å². The molecule has 2 aromatic rings. The number of methoxy groups -OCH3 is 1. The summed E-state index contributed by atoms with van der Waals surface area (Å²) in [4.78, 5) is 12.6. The molecule has 0 bridgehead atoms. The van der Waals surface area contributed by atoms with Crippen LogP contribution in [0.15, 0.2) is 42.5 Å². The first-order valence-corrected chi connectivity index (χ1v) is 9.03.